The van der Waals surface area contributed by atoms with E-state index in [4.69, 9.17) is 9.84 Å². The van der Waals surface area contributed by atoms with Gasteiger partial charge in [0.2, 0.25) is 0 Å². The average molecular weight is 194 g/mol. The fourth-order valence-corrected chi connectivity index (χ4v) is 1.59. The lowest BCUT2D eigenvalue weighted by molar-refractivity contribution is -0.147. The van der Waals surface area contributed by atoms with Crippen LogP contribution in [0.15, 0.2) is 18.2 Å². The summed E-state index contributed by atoms with van der Waals surface area (Å²) >= 11 is 0. The third-order valence-corrected chi connectivity index (χ3v) is 2.27. The van der Waals surface area contributed by atoms with Crippen LogP contribution in [-0.4, -0.2) is 22.8 Å². The third kappa shape index (κ3) is 1.33. The van der Waals surface area contributed by atoms with Crippen molar-refractivity contribution in [2.75, 3.05) is 6.61 Å². The van der Waals surface area contributed by atoms with Gasteiger partial charge in [-0.3, -0.25) is 0 Å². The Labute approximate surface area is 80.7 Å². The second-order valence-corrected chi connectivity index (χ2v) is 3.17. The summed E-state index contributed by atoms with van der Waals surface area (Å²) in [7, 11) is 0. The smallest absolute Gasteiger partial charge is 0.337 e. The fourth-order valence-electron chi connectivity index (χ4n) is 1.59. The number of hydrogen-bond donors (Lipinski definition) is 2. The first-order valence-electron chi connectivity index (χ1n) is 4.35. The monoisotopic (exact) mass is 194 g/mol. The maximum absolute atomic E-state index is 10.6. The van der Waals surface area contributed by atoms with Crippen molar-refractivity contribution in [3.63, 3.8) is 0 Å². The standard InChI is InChI=1S/C10H10O4/c11-8(10(12)13)7-3-1-2-6-4-5-14-9(6)7/h1-3,8,11H,4-5H2,(H,12,13). The molecule has 2 rings (SSSR count). The van der Waals surface area contributed by atoms with E-state index in [-0.39, 0.29) is 0 Å². The molecule has 4 heteroatoms. The first kappa shape index (κ1) is 9.02. The number of carbonyl (C=O) groups is 1. The van der Waals surface area contributed by atoms with E-state index in [1.807, 2.05) is 6.07 Å². The van der Waals surface area contributed by atoms with Crippen molar-refractivity contribution in [3.8, 4) is 5.75 Å². The quantitative estimate of drug-likeness (QED) is 0.728. The topological polar surface area (TPSA) is 66.8 Å². The van der Waals surface area contributed by atoms with Crippen LogP contribution in [0.2, 0.25) is 0 Å². The Hall–Kier alpha value is -1.55. The van der Waals surface area contributed by atoms with Crippen molar-refractivity contribution in [3.05, 3.63) is 29.3 Å². The second kappa shape index (κ2) is 3.31. The minimum absolute atomic E-state index is 0.340. The van der Waals surface area contributed by atoms with E-state index in [1.165, 1.54) is 0 Å². The van der Waals surface area contributed by atoms with E-state index in [2.05, 4.69) is 0 Å². The van der Waals surface area contributed by atoms with Crippen LogP contribution in [0.3, 0.4) is 0 Å². The Bertz CT molecular complexity index is 372. The number of ether oxygens (including phenoxy) is 1. The second-order valence-electron chi connectivity index (χ2n) is 3.17. The third-order valence-electron chi connectivity index (χ3n) is 2.27. The molecule has 0 spiro atoms. The van der Waals surface area contributed by atoms with E-state index in [1.54, 1.807) is 12.1 Å². The van der Waals surface area contributed by atoms with E-state index in [0.717, 1.165) is 12.0 Å². The first-order valence-corrected chi connectivity index (χ1v) is 4.35. The summed E-state index contributed by atoms with van der Waals surface area (Å²) in [6, 6.07) is 5.18. The number of carboxylic acid groups (broad SMARTS) is 1. The molecule has 1 aliphatic heterocycles. The number of hydrogen-bond acceptors (Lipinski definition) is 3. The SMILES string of the molecule is O=C(O)C(O)c1cccc2c1OCC2. The molecule has 0 bridgehead atoms. The molecule has 1 aromatic carbocycles. The van der Waals surface area contributed by atoms with Crippen LogP contribution in [0.25, 0.3) is 0 Å². The minimum Gasteiger partial charge on any atom is -0.493 e. The summed E-state index contributed by atoms with van der Waals surface area (Å²) in [5.41, 5.74) is 1.30. The minimum atomic E-state index is -1.50. The number of fused-ring (bicyclic) bond motifs is 1. The van der Waals surface area contributed by atoms with E-state index < -0.39 is 12.1 Å². The molecular weight excluding hydrogens is 184 g/mol. The predicted octanol–water partition coefficient (Wildman–Crippen LogP) is 0.740. The molecule has 2 N–H and O–H groups in total. The van der Waals surface area contributed by atoms with Gasteiger partial charge in [-0.05, 0) is 5.56 Å². The summed E-state index contributed by atoms with van der Waals surface area (Å²) in [5, 5.41) is 18.0. The number of aliphatic hydroxyl groups excluding tert-OH is 1. The van der Waals surface area contributed by atoms with Gasteiger partial charge in [-0.2, -0.15) is 0 Å². The number of rotatable bonds is 2. The van der Waals surface area contributed by atoms with Crippen molar-refractivity contribution in [1.29, 1.82) is 0 Å². The highest BCUT2D eigenvalue weighted by Gasteiger charge is 2.24. The summed E-state index contributed by atoms with van der Waals surface area (Å²) < 4.78 is 5.28. The predicted molar refractivity (Wildman–Crippen MR) is 48.2 cm³/mol. The lowest BCUT2D eigenvalue weighted by Crippen LogP contribution is -2.11. The van der Waals surface area contributed by atoms with E-state index >= 15 is 0 Å². The van der Waals surface area contributed by atoms with Gasteiger partial charge in [0.25, 0.3) is 0 Å². The Kier molecular flexibility index (Phi) is 2.13. The molecule has 0 fully saturated rings. The molecule has 0 aliphatic carbocycles. The van der Waals surface area contributed by atoms with Gasteiger partial charge < -0.3 is 14.9 Å². The summed E-state index contributed by atoms with van der Waals surface area (Å²) in [4.78, 5) is 10.6. The zero-order valence-electron chi connectivity index (χ0n) is 7.43. The molecule has 0 aromatic heterocycles. The van der Waals surface area contributed by atoms with Gasteiger partial charge >= 0.3 is 5.97 Å². The Morgan fingerprint density at radius 3 is 3.00 bits per heavy atom. The van der Waals surface area contributed by atoms with Crippen LogP contribution in [0.5, 0.6) is 5.75 Å². The maximum Gasteiger partial charge on any atom is 0.337 e. The number of carboxylic acids is 1. The summed E-state index contributed by atoms with van der Waals surface area (Å²) in [5.74, 6) is -0.726. The van der Waals surface area contributed by atoms with Crippen LogP contribution in [0.1, 0.15) is 17.2 Å². The van der Waals surface area contributed by atoms with Gasteiger partial charge in [0.15, 0.2) is 6.10 Å². The van der Waals surface area contributed by atoms with Gasteiger partial charge in [0.05, 0.1) is 6.61 Å². The molecule has 4 nitrogen and oxygen atoms in total. The first-order chi connectivity index (χ1) is 6.70. The van der Waals surface area contributed by atoms with Crippen LogP contribution < -0.4 is 4.74 Å². The van der Waals surface area contributed by atoms with Crippen molar-refractivity contribution >= 4 is 5.97 Å². The van der Waals surface area contributed by atoms with Gasteiger partial charge in [0, 0.05) is 12.0 Å². The van der Waals surface area contributed by atoms with Crippen LogP contribution in [-0.2, 0) is 11.2 Å². The summed E-state index contributed by atoms with van der Waals surface area (Å²) in [6.07, 6.45) is -0.724. The fraction of sp³-hybridized carbons (Fsp3) is 0.300. The highest BCUT2D eigenvalue weighted by molar-refractivity contribution is 5.75. The zero-order valence-corrected chi connectivity index (χ0v) is 7.43. The van der Waals surface area contributed by atoms with Crippen molar-refractivity contribution in [2.24, 2.45) is 0 Å². The molecule has 1 aliphatic rings. The largest absolute Gasteiger partial charge is 0.493 e. The number of para-hydroxylation sites is 1. The van der Waals surface area contributed by atoms with Crippen molar-refractivity contribution in [2.45, 2.75) is 12.5 Å². The van der Waals surface area contributed by atoms with Crippen LogP contribution in [0.4, 0.5) is 0 Å². The molecule has 0 radical (unpaired) electrons. The molecule has 0 saturated carbocycles. The van der Waals surface area contributed by atoms with E-state index in [0.29, 0.717) is 17.9 Å². The average Bonchev–Trinajstić information content (AvgIpc) is 2.63. The highest BCUT2D eigenvalue weighted by atomic mass is 16.5. The van der Waals surface area contributed by atoms with Crippen molar-refractivity contribution < 1.29 is 19.7 Å². The molecule has 74 valence electrons. The molecule has 14 heavy (non-hydrogen) atoms. The molecule has 1 aromatic rings. The highest BCUT2D eigenvalue weighted by Crippen LogP contribution is 2.33. The number of benzene rings is 1. The van der Waals surface area contributed by atoms with Gasteiger partial charge in [0.1, 0.15) is 5.75 Å². The molecule has 1 unspecified atom stereocenters. The molecular formula is C10H10O4. The normalized spacial score (nSPS) is 15.8. The zero-order chi connectivity index (χ0) is 10.1. The molecule has 1 atom stereocenters. The molecule has 0 saturated heterocycles. The molecule has 0 amide bonds. The van der Waals surface area contributed by atoms with Crippen LogP contribution in [0, 0.1) is 0 Å². The Morgan fingerprint density at radius 2 is 2.29 bits per heavy atom. The van der Waals surface area contributed by atoms with Gasteiger partial charge in [-0.1, -0.05) is 18.2 Å². The number of aliphatic hydroxyl groups is 1. The van der Waals surface area contributed by atoms with Crippen LogP contribution >= 0.6 is 0 Å². The summed E-state index contributed by atoms with van der Waals surface area (Å²) in [6.45, 7) is 0.554. The Balaban J connectivity index is 2.44. The maximum atomic E-state index is 10.6. The Morgan fingerprint density at radius 1 is 1.50 bits per heavy atom. The van der Waals surface area contributed by atoms with Crippen molar-refractivity contribution in [1.82, 2.24) is 0 Å². The van der Waals surface area contributed by atoms with Gasteiger partial charge in [-0.15, -0.1) is 0 Å². The van der Waals surface area contributed by atoms with Gasteiger partial charge in [-0.25, -0.2) is 4.79 Å². The molecule has 1 heterocycles. The van der Waals surface area contributed by atoms with E-state index in [9.17, 15) is 9.90 Å². The number of aliphatic carboxylic acids is 1. The lowest BCUT2D eigenvalue weighted by atomic mass is 10.0. The lowest BCUT2D eigenvalue weighted by Gasteiger charge is -2.10.